The number of hydrogen-bond donors (Lipinski definition) is 1. The van der Waals surface area contributed by atoms with Crippen molar-refractivity contribution in [1.82, 2.24) is 14.9 Å². The van der Waals surface area contributed by atoms with Crippen LogP contribution in [0.3, 0.4) is 0 Å². The maximum absolute atomic E-state index is 12.7. The van der Waals surface area contributed by atoms with E-state index in [0.717, 1.165) is 5.56 Å². The van der Waals surface area contributed by atoms with Crippen molar-refractivity contribution < 1.29 is 14.3 Å². The predicted molar refractivity (Wildman–Crippen MR) is 117 cm³/mol. The van der Waals surface area contributed by atoms with Crippen molar-refractivity contribution in [2.45, 2.75) is 20.4 Å². The summed E-state index contributed by atoms with van der Waals surface area (Å²) < 4.78 is 10.9. The first kappa shape index (κ1) is 21.1. The number of carbonyl (C=O) groups excluding carboxylic acids is 1. The molecule has 1 amide bonds. The van der Waals surface area contributed by atoms with E-state index in [0.29, 0.717) is 41.4 Å². The minimum atomic E-state index is -0.212. The number of rotatable bonds is 8. The molecule has 156 valence electrons. The highest BCUT2D eigenvalue weighted by Crippen LogP contribution is 2.28. The monoisotopic (exact) mass is 407 g/mol. The van der Waals surface area contributed by atoms with E-state index in [1.54, 1.807) is 36.3 Å². The molecule has 0 saturated carbocycles. The summed E-state index contributed by atoms with van der Waals surface area (Å²) in [7, 11) is 1.58. The van der Waals surface area contributed by atoms with E-state index in [4.69, 9.17) is 9.47 Å². The van der Waals surface area contributed by atoms with E-state index in [1.165, 1.54) is 6.08 Å². The number of methoxy groups -OCH3 is 1. The van der Waals surface area contributed by atoms with Crippen LogP contribution in [0.2, 0.25) is 0 Å². The van der Waals surface area contributed by atoms with Gasteiger partial charge in [0.1, 0.15) is 5.82 Å². The van der Waals surface area contributed by atoms with Crippen LogP contribution >= 0.6 is 0 Å². The first-order valence-electron chi connectivity index (χ1n) is 9.81. The highest BCUT2D eigenvalue weighted by molar-refractivity contribution is 5.91. The molecule has 0 fully saturated rings. The Morgan fingerprint density at radius 1 is 1.17 bits per heavy atom. The van der Waals surface area contributed by atoms with Crippen LogP contribution in [0.1, 0.15) is 25.2 Å². The zero-order chi connectivity index (χ0) is 21.5. The molecule has 0 aliphatic heterocycles. The van der Waals surface area contributed by atoms with Gasteiger partial charge in [-0.3, -0.25) is 9.59 Å². The van der Waals surface area contributed by atoms with Crippen molar-refractivity contribution in [2.75, 3.05) is 20.3 Å². The van der Waals surface area contributed by atoms with Crippen LogP contribution in [0, 0.1) is 0 Å². The van der Waals surface area contributed by atoms with Crippen LogP contribution in [0.5, 0.6) is 11.5 Å². The van der Waals surface area contributed by atoms with Gasteiger partial charge in [-0.2, -0.15) is 0 Å². The molecule has 2 aromatic carbocycles. The lowest BCUT2D eigenvalue weighted by atomic mass is 10.2. The van der Waals surface area contributed by atoms with Gasteiger partial charge in [0.2, 0.25) is 5.91 Å². The predicted octanol–water partition coefficient (Wildman–Crippen LogP) is 3.39. The Labute approximate surface area is 175 Å². The highest BCUT2D eigenvalue weighted by atomic mass is 16.5. The van der Waals surface area contributed by atoms with E-state index in [-0.39, 0.29) is 18.0 Å². The van der Waals surface area contributed by atoms with Gasteiger partial charge >= 0.3 is 0 Å². The molecule has 0 atom stereocenters. The van der Waals surface area contributed by atoms with Gasteiger partial charge in [-0.15, -0.1) is 0 Å². The van der Waals surface area contributed by atoms with Crippen molar-refractivity contribution in [1.29, 1.82) is 0 Å². The number of nitrogens with zero attached hydrogens (tertiary/aromatic N) is 2. The third-order valence-electron chi connectivity index (χ3n) is 4.60. The Morgan fingerprint density at radius 2 is 1.97 bits per heavy atom. The summed E-state index contributed by atoms with van der Waals surface area (Å²) in [6, 6.07) is 12.6. The number of amides is 1. The Morgan fingerprint density at radius 3 is 2.70 bits per heavy atom. The second kappa shape index (κ2) is 9.73. The summed E-state index contributed by atoms with van der Waals surface area (Å²) in [6.07, 6.45) is 3.22. The maximum Gasteiger partial charge on any atom is 0.258 e. The molecule has 0 unspecified atom stereocenters. The van der Waals surface area contributed by atoms with Crippen LogP contribution in [-0.4, -0.2) is 41.0 Å². The SMILES string of the molecule is CCOc1ccc(C=CC(=O)N(CC)Cc2nc3ccccc3c(=O)[nH]2)cc1OC. The number of likely N-dealkylation sites (N-methyl/N-ethyl adjacent to an activating group) is 1. The summed E-state index contributed by atoms with van der Waals surface area (Å²) in [5.41, 5.74) is 1.21. The molecule has 0 bridgehead atoms. The fraction of sp³-hybridized carbons (Fsp3) is 0.261. The van der Waals surface area contributed by atoms with E-state index >= 15 is 0 Å². The number of carbonyl (C=O) groups is 1. The smallest absolute Gasteiger partial charge is 0.258 e. The third-order valence-corrected chi connectivity index (χ3v) is 4.60. The fourth-order valence-electron chi connectivity index (χ4n) is 3.07. The quantitative estimate of drug-likeness (QED) is 0.579. The topological polar surface area (TPSA) is 84.5 Å². The van der Waals surface area contributed by atoms with Gasteiger partial charge in [0.25, 0.3) is 5.56 Å². The molecule has 30 heavy (non-hydrogen) atoms. The normalized spacial score (nSPS) is 11.0. The Kier molecular flexibility index (Phi) is 6.85. The zero-order valence-electron chi connectivity index (χ0n) is 17.3. The standard InChI is InChI=1S/C23H25N3O4/c1-4-26(15-21-24-18-9-7-6-8-17(18)23(28)25-21)22(27)13-11-16-10-12-19(30-5-2)20(14-16)29-3/h6-14H,4-5,15H2,1-3H3,(H,24,25,28). The molecule has 7 nitrogen and oxygen atoms in total. The molecular weight excluding hydrogens is 382 g/mol. The summed E-state index contributed by atoms with van der Waals surface area (Å²) in [6.45, 7) is 5.02. The molecule has 0 radical (unpaired) electrons. The minimum Gasteiger partial charge on any atom is -0.493 e. The average molecular weight is 407 g/mol. The fourth-order valence-corrected chi connectivity index (χ4v) is 3.07. The number of H-pyrrole nitrogens is 1. The minimum absolute atomic E-state index is 0.179. The summed E-state index contributed by atoms with van der Waals surface area (Å²) >= 11 is 0. The molecule has 1 heterocycles. The van der Waals surface area contributed by atoms with Gasteiger partial charge in [-0.05, 0) is 49.8 Å². The lowest BCUT2D eigenvalue weighted by Gasteiger charge is -2.18. The number of aromatic nitrogens is 2. The first-order chi connectivity index (χ1) is 14.5. The Hall–Kier alpha value is -3.61. The number of ether oxygens (including phenoxy) is 2. The number of nitrogens with one attached hydrogen (secondary N) is 1. The van der Waals surface area contributed by atoms with Gasteiger partial charge in [-0.25, -0.2) is 4.98 Å². The number of hydrogen-bond acceptors (Lipinski definition) is 5. The van der Waals surface area contributed by atoms with Gasteiger partial charge in [0.15, 0.2) is 11.5 Å². The Bertz CT molecular complexity index is 1120. The van der Waals surface area contributed by atoms with E-state index in [2.05, 4.69) is 9.97 Å². The summed E-state index contributed by atoms with van der Waals surface area (Å²) in [5.74, 6) is 1.54. The second-order valence-corrected chi connectivity index (χ2v) is 6.56. The van der Waals surface area contributed by atoms with Crippen molar-refractivity contribution in [3.8, 4) is 11.5 Å². The molecule has 1 aromatic heterocycles. The van der Waals surface area contributed by atoms with Gasteiger partial charge in [-0.1, -0.05) is 18.2 Å². The highest BCUT2D eigenvalue weighted by Gasteiger charge is 2.12. The lowest BCUT2D eigenvalue weighted by Crippen LogP contribution is -2.30. The molecule has 1 N–H and O–H groups in total. The number of fused-ring (bicyclic) bond motifs is 1. The van der Waals surface area contributed by atoms with Crippen molar-refractivity contribution in [2.24, 2.45) is 0 Å². The number of aromatic amines is 1. The van der Waals surface area contributed by atoms with Crippen LogP contribution in [-0.2, 0) is 11.3 Å². The van der Waals surface area contributed by atoms with Crippen LogP contribution in [0.15, 0.2) is 53.3 Å². The van der Waals surface area contributed by atoms with Gasteiger partial charge in [0.05, 0.1) is 31.2 Å². The average Bonchev–Trinajstić information content (AvgIpc) is 2.76. The lowest BCUT2D eigenvalue weighted by molar-refractivity contribution is -0.126. The zero-order valence-corrected chi connectivity index (χ0v) is 17.3. The number of para-hydroxylation sites is 1. The Balaban J connectivity index is 1.76. The van der Waals surface area contributed by atoms with Gasteiger partial charge < -0.3 is 19.4 Å². The van der Waals surface area contributed by atoms with Crippen LogP contribution in [0.25, 0.3) is 17.0 Å². The third kappa shape index (κ3) is 4.86. The van der Waals surface area contributed by atoms with E-state index in [1.807, 2.05) is 38.1 Å². The van der Waals surface area contributed by atoms with E-state index < -0.39 is 0 Å². The molecular formula is C23H25N3O4. The van der Waals surface area contributed by atoms with Crippen molar-refractivity contribution in [3.63, 3.8) is 0 Å². The molecule has 3 rings (SSSR count). The summed E-state index contributed by atoms with van der Waals surface area (Å²) in [4.78, 5) is 33.8. The first-order valence-corrected chi connectivity index (χ1v) is 9.81. The van der Waals surface area contributed by atoms with Crippen LogP contribution < -0.4 is 15.0 Å². The molecule has 7 heteroatoms. The molecule has 3 aromatic rings. The van der Waals surface area contributed by atoms with E-state index in [9.17, 15) is 9.59 Å². The van der Waals surface area contributed by atoms with Crippen molar-refractivity contribution in [3.05, 3.63) is 70.3 Å². The molecule has 0 spiro atoms. The maximum atomic E-state index is 12.7. The molecule has 0 saturated heterocycles. The summed E-state index contributed by atoms with van der Waals surface area (Å²) in [5, 5.41) is 0.528. The van der Waals surface area contributed by atoms with Crippen LogP contribution in [0.4, 0.5) is 0 Å². The van der Waals surface area contributed by atoms with Gasteiger partial charge in [0, 0.05) is 12.6 Å². The second-order valence-electron chi connectivity index (χ2n) is 6.56. The molecule has 0 aliphatic carbocycles. The largest absolute Gasteiger partial charge is 0.493 e. The number of benzene rings is 2. The van der Waals surface area contributed by atoms with Crippen molar-refractivity contribution >= 4 is 22.9 Å². The molecule has 0 aliphatic rings.